The number of nitrogens with one attached hydrogen (secondary N) is 1. The number of hydrogen-bond acceptors (Lipinski definition) is 1. The van der Waals surface area contributed by atoms with E-state index in [0.29, 0.717) is 0 Å². The van der Waals surface area contributed by atoms with E-state index in [4.69, 9.17) is 0 Å². The molecule has 4 rings (SSSR count). The van der Waals surface area contributed by atoms with Gasteiger partial charge in [0.15, 0.2) is 0 Å². The van der Waals surface area contributed by atoms with E-state index < -0.39 is 0 Å². The van der Waals surface area contributed by atoms with Gasteiger partial charge >= 0.3 is 0 Å². The average molecular weight is 202 g/mol. The molecule has 0 atom stereocenters. The monoisotopic (exact) mass is 201 g/mol. The van der Waals surface area contributed by atoms with Gasteiger partial charge in [-0.15, -0.1) is 12.4 Å². The van der Waals surface area contributed by atoms with E-state index in [0.717, 1.165) is 11.3 Å². The van der Waals surface area contributed by atoms with Gasteiger partial charge in [0.2, 0.25) is 0 Å². The van der Waals surface area contributed by atoms with Crippen LogP contribution < -0.4 is 5.32 Å². The summed E-state index contributed by atoms with van der Waals surface area (Å²) in [6, 6.07) is 0. The Morgan fingerprint density at radius 3 is 2.15 bits per heavy atom. The lowest BCUT2D eigenvalue weighted by molar-refractivity contribution is -0.124. The van der Waals surface area contributed by atoms with Crippen LogP contribution in [0.1, 0.15) is 38.5 Å². The highest BCUT2D eigenvalue weighted by Crippen LogP contribution is 2.67. The lowest BCUT2D eigenvalue weighted by Crippen LogP contribution is -2.53. The largest absolute Gasteiger partial charge is 0.317 e. The standard InChI is InChI=1S/C11H19N.ClH/c1-3-12-4-2-9(1)5-11-6-10(7-11)8-11;/h9-10,12H,1-8H2;1H. The second-order valence-electron chi connectivity index (χ2n) is 5.38. The van der Waals surface area contributed by atoms with Crippen LogP contribution in [0.25, 0.3) is 0 Å². The van der Waals surface area contributed by atoms with E-state index in [9.17, 15) is 0 Å². The van der Waals surface area contributed by atoms with E-state index in [1.54, 1.807) is 25.7 Å². The maximum absolute atomic E-state index is 3.45. The molecule has 1 N–H and O–H groups in total. The second kappa shape index (κ2) is 3.43. The fourth-order valence-corrected chi connectivity index (χ4v) is 3.61. The number of piperidine rings is 1. The maximum Gasteiger partial charge on any atom is -0.00463 e. The number of hydrogen-bond donors (Lipinski definition) is 1. The van der Waals surface area contributed by atoms with Crippen LogP contribution in [0.4, 0.5) is 0 Å². The normalized spacial score (nSPS) is 42.9. The van der Waals surface area contributed by atoms with Crippen molar-refractivity contribution >= 4 is 12.4 Å². The van der Waals surface area contributed by atoms with E-state index in [1.807, 2.05) is 0 Å². The number of rotatable bonds is 2. The molecule has 1 aliphatic heterocycles. The fourth-order valence-electron chi connectivity index (χ4n) is 3.61. The van der Waals surface area contributed by atoms with Crippen LogP contribution in [0.2, 0.25) is 0 Å². The van der Waals surface area contributed by atoms with Crippen molar-refractivity contribution < 1.29 is 0 Å². The predicted octanol–water partition coefficient (Wildman–Crippen LogP) is 2.60. The van der Waals surface area contributed by atoms with Gasteiger partial charge in [-0.25, -0.2) is 0 Å². The molecule has 4 aliphatic rings. The summed E-state index contributed by atoms with van der Waals surface area (Å²) < 4.78 is 0. The Bertz CT molecular complexity index is 170. The quantitative estimate of drug-likeness (QED) is 0.725. The van der Waals surface area contributed by atoms with Crippen molar-refractivity contribution in [3.05, 3.63) is 0 Å². The zero-order chi connectivity index (χ0) is 8.02. The fraction of sp³-hybridized carbons (Fsp3) is 1.00. The van der Waals surface area contributed by atoms with Crippen molar-refractivity contribution in [3.63, 3.8) is 0 Å². The van der Waals surface area contributed by atoms with Crippen LogP contribution in [0.3, 0.4) is 0 Å². The van der Waals surface area contributed by atoms with Crippen LogP contribution >= 0.6 is 12.4 Å². The summed E-state index contributed by atoms with van der Waals surface area (Å²) in [4.78, 5) is 0. The number of halogens is 1. The van der Waals surface area contributed by atoms with Crippen molar-refractivity contribution in [2.24, 2.45) is 17.3 Å². The molecular weight excluding hydrogens is 182 g/mol. The molecule has 13 heavy (non-hydrogen) atoms. The smallest absolute Gasteiger partial charge is 0.00463 e. The van der Waals surface area contributed by atoms with Crippen molar-refractivity contribution in [1.29, 1.82) is 0 Å². The molecule has 0 radical (unpaired) electrons. The average Bonchev–Trinajstić information content (AvgIpc) is 1.97. The van der Waals surface area contributed by atoms with E-state index in [2.05, 4.69) is 5.32 Å². The minimum absolute atomic E-state index is 0. The van der Waals surface area contributed by atoms with Crippen LogP contribution in [0.15, 0.2) is 0 Å². The first kappa shape index (κ1) is 9.79. The molecule has 76 valence electrons. The SMILES string of the molecule is C1CC(CC23CC(C2)C3)CCN1.Cl. The van der Waals surface area contributed by atoms with E-state index >= 15 is 0 Å². The lowest BCUT2D eigenvalue weighted by atomic mass is 9.42. The Balaban J connectivity index is 0.000000653. The van der Waals surface area contributed by atoms with Gasteiger partial charge in [-0.2, -0.15) is 0 Å². The molecule has 3 aliphatic carbocycles. The van der Waals surface area contributed by atoms with Gasteiger partial charge in [-0.3, -0.25) is 0 Å². The Morgan fingerprint density at radius 2 is 1.69 bits per heavy atom. The third-order valence-electron chi connectivity index (χ3n) is 4.35. The second-order valence-corrected chi connectivity index (χ2v) is 5.38. The zero-order valence-electron chi connectivity index (χ0n) is 8.22. The van der Waals surface area contributed by atoms with Gasteiger partial charge in [0.25, 0.3) is 0 Å². The van der Waals surface area contributed by atoms with Gasteiger partial charge in [-0.05, 0) is 68.9 Å². The topological polar surface area (TPSA) is 12.0 Å². The molecule has 0 aromatic rings. The molecule has 2 bridgehead atoms. The molecule has 0 aromatic heterocycles. The van der Waals surface area contributed by atoms with E-state index in [-0.39, 0.29) is 12.4 Å². The predicted molar refractivity (Wildman–Crippen MR) is 57.2 cm³/mol. The van der Waals surface area contributed by atoms with Crippen molar-refractivity contribution in [2.45, 2.75) is 38.5 Å². The molecule has 2 heteroatoms. The van der Waals surface area contributed by atoms with E-state index in [1.165, 1.54) is 31.8 Å². The van der Waals surface area contributed by atoms with Crippen molar-refractivity contribution in [3.8, 4) is 0 Å². The van der Waals surface area contributed by atoms with Crippen molar-refractivity contribution in [1.82, 2.24) is 5.32 Å². The highest BCUT2D eigenvalue weighted by atomic mass is 35.5. The summed E-state index contributed by atoms with van der Waals surface area (Å²) in [6.07, 6.45) is 9.26. The van der Waals surface area contributed by atoms with Gasteiger partial charge in [-0.1, -0.05) is 0 Å². The zero-order valence-corrected chi connectivity index (χ0v) is 9.04. The molecule has 1 heterocycles. The van der Waals surface area contributed by atoms with Gasteiger partial charge in [0.05, 0.1) is 0 Å². The summed E-state index contributed by atoms with van der Waals surface area (Å²) in [6.45, 7) is 2.56. The molecule has 4 fully saturated rings. The summed E-state index contributed by atoms with van der Waals surface area (Å²) in [5.41, 5.74) is 0.896. The Kier molecular flexibility index (Phi) is 2.59. The Morgan fingerprint density at radius 1 is 1.08 bits per heavy atom. The molecule has 0 amide bonds. The van der Waals surface area contributed by atoms with Crippen LogP contribution in [0, 0.1) is 17.3 Å². The molecule has 0 unspecified atom stereocenters. The minimum Gasteiger partial charge on any atom is -0.317 e. The molecule has 1 nitrogen and oxygen atoms in total. The summed E-state index contributed by atoms with van der Waals surface area (Å²) >= 11 is 0. The molecule has 1 saturated heterocycles. The van der Waals surface area contributed by atoms with Gasteiger partial charge < -0.3 is 5.32 Å². The highest BCUT2D eigenvalue weighted by Gasteiger charge is 2.56. The van der Waals surface area contributed by atoms with Gasteiger partial charge in [0, 0.05) is 0 Å². The summed E-state index contributed by atoms with van der Waals surface area (Å²) in [7, 11) is 0. The van der Waals surface area contributed by atoms with Crippen LogP contribution in [0.5, 0.6) is 0 Å². The molecule has 0 spiro atoms. The summed E-state index contributed by atoms with van der Waals surface area (Å²) in [5, 5.41) is 3.45. The third kappa shape index (κ3) is 1.61. The third-order valence-corrected chi connectivity index (χ3v) is 4.35. The lowest BCUT2D eigenvalue weighted by Gasteiger charge is -2.63. The highest BCUT2D eigenvalue weighted by molar-refractivity contribution is 5.85. The van der Waals surface area contributed by atoms with Crippen molar-refractivity contribution in [2.75, 3.05) is 13.1 Å². The first-order valence-corrected chi connectivity index (χ1v) is 5.57. The molecule has 0 aromatic carbocycles. The first-order chi connectivity index (χ1) is 5.86. The Labute approximate surface area is 87.1 Å². The minimum atomic E-state index is 0. The Hall–Kier alpha value is 0.250. The molecular formula is C11H20ClN. The van der Waals surface area contributed by atoms with Crippen LogP contribution in [-0.2, 0) is 0 Å². The maximum atomic E-state index is 3.45. The van der Waals surface area contributed by atoms with Crippen LogP contribution in [-0.4, -0.2) is 13.1 Å². The summed E-state index contributed by atoms with van der Waals surface area (Å²) in [5.74, 6) is 2.25. The van der Waals surface area contributed by atoms with Gasteiger partial charge in [0.1, 0.15) is 0 Å². The first-order valence-electron chi connectivity index (χ1n) is 5.57. The molecule has 3 saturated carbocycles.